The number of anilines is 2. The fraction of sp³-hybridized carbons (Fsp3) is 0.171. The summed E-state index contributed by atoms with van der Waals surface area (Å²) in [5.41, 5.74) is 3.33. The van der Waals surface area contributed by atoms with Crippen LogP contribution >= 0.6 is 11.6 Å². The van der Waals surface area contributed by atoms with Crippen LogP contribution in [0.2, 0.25) is 5.02 Å². The number of para-hydroxylation sites is 2. The first-order valence-corrected chi connectivity index (χ1v) is 14.2. The lowest BCUT2D eigenvalue weighted by molar-refractivity contribution is -0.121. The Morgan fingerprint density at radius 1 is 0.905 bits per heavy atom. The predicted molar refractivity (Wildman–Crippen MR) is 163 cm³/mol. The number of carbonyl (C=O) groups is 3. The summed E-state index contributed by atoms with van der Waals surface area (Å²) in [6.45, 7) is 2.00. The second-order valence-corrected chi connectivity index (χ2v) is 11.4. The van der Waals surface area contributed by atoms with Crippen molar-refractivity contribution in [2.45, 2.75) is 24.4 Å². The number of nitrogens with one attached hydrogen (secondary N) is 1. The highest BCUT2D eigenvalue weighted by molar-refractivity contribution is 6.34. The molecule has 6 nitrogen and oxygen atoms in total. The van der Waals surface area contributed by atoms with E-state index in [1.54, 1.807) is 48.5 Å². The summed E-state index contributed by atoms with van der Waals surface area (Å²) in [6.07, 6.45) is 2.04. The normalized spacial score (nSPS) is 23.5. The molecule has 1 fully saturated rings. The van der Waals surface area contributed by atoms with E-state index in [1.165, 1.54) is 7.11 Å². The van der Waals surface area contributed by atoms with Crippen LogP contribution in [0.25, 0.3) is 5.57 Å². The van der Waals surface area contributed by atoms with E-state index in [9.17, 15) is 14.4 Å². The molecule has 0 aromatic heterocycles. The Kier molecular flexibility index (Phi) is 6.06. The summed E-state index contributed by atoms with van der Waals surface area (Å²) < 4.78 is 5.44. The van der Waals surface area contributed by atoms with Gasteiger partial charge >= 0.3 is 0 Å². The summed E-state index contributed by atoms with van der Waals surface area (Å²) in [5, 5.41) is 3.35. The van der Waals surface area contributed by atoms with Crippen molar-refractivity contribution >= 4 is 46.0 Å². The maximum absolute atomic E-state index is 14.9. The molecule has 42 heavy (non-hydrogen) atoms. The van der Waals surface area contributed by atoms with E-state index in [1.807, 2.05) is 66.4 Å². The fourth-order valence-corrected chi connectivity index (χ4v) is 7.39. The summed E-state index contributed by atoms with van der Waals surface area (Å²) in [7, 11) is 1.54. The Hall–Kier alpha value is -4.68. The van der Waals surface area contributed by atoms with Crippen molar-refractivity contribution in [2.75, 3.05) is 17.3 Å². The van der Waals surface area contributed by atoms with Gasteiger partial charge in [0.15, 0.2) is 11.6 Å². The number of hydrogen-bond donors (Lipinski definition) is 1. The van der Waals surface area contributed by atoms with Gasteiger partial charge in [-0.25, -0.2) is 0 Å². The first kappa shape index (κ1) is 26.2. The Morgan fingerprint density at radius 2 is 1.64 bits per heavy atom. The fourth-order valence-electron chi connectivity index (χ4n) is 7.16. The Morgan fingerprint density at radius 3 is 2.45 bits per heavy atom. The van der Waals surface area contributed by atoms with E-state index in [2.05, 4.69) is 5.32 Å². The molecule has 1 spiro atoms. The molecule has 1 N–H and O–H groups in total. The average molecular weight is 575 g/mol. The van der Waals surface area contributed by atoms with Crippen molar-refractivity contribution in [1.82, 2.24) is 0 Å². The second-order valence-electron chi connectivity index (χ2n) is 11.0. The molecule has 0 bridgehead atoms. The number of carbonyl (C=O) groups excluding carboxylic acids is 3. The molecule has 4 atom stereocenters. The second kappa shape index (κ2) is 9.71. The molecule has 4 aromatic rings. The number of Topliss-reactive ketones (excluding diaryl/α,β-unsaturated/α-hetero) is 2. The molecule has 3 heterocycles. The molecule has 1 saturated heterocycles. The standard InChI is InChI=1S/C35H27ClN2O4/c1-20-18-29-35(25-14-5-7-16-27(25)37-34(35)41)30(32(39)21-10-9-11-22(19-21)42-2)31(33(40)24-13-3-6-15-26(24)36)38(29)28-17-8-4-12-23(20)28/h3-19,29-31H,1-2H3,(H,37,41)/t29-,30+,31-,35+/m1/s1. The molecule has 0 aliphatic carbocycles. The van der Waals surface area contributed by atoms with Crippen molar-refractivity contribution < 1.29 is 19.1 Å². The molecule has 1 amide bonds. The monoisotopic (exact) mass is 574 g/mol. The number of ketones is 2. The van der Waals surface area contributed by atoms with Gasteiger partial charge in [0.25, 0.3) is 0 Å². The average Bonchev–Trinajstić information content (AvgIpc) is 3.49. The molecular weight excluding hydrogens is 548 g/mol. The number of methoxy groups -OCH3 is 1. The highest BCUT2D eigenvalue weighted by Crippen LogP contribution is 2.59. The van der Waals surface area contributed by atoms with E-state index in [-0.39, 0.29) is 17.5 Å². The van der Waals surface area contributed by atoms with Crippen LogP contribution in [0.3, 0.4) is 0 Å². The van der Waals surface area contributed by atoms with Crippen LogP contribution in [0.1, 0.15) is 38.8 Å². The first-order valence-electron chi connectivity index (χ1n) is 13.8. The van der Waals surface area contributed by atoms with Gasteiger partial charge in [-0.05, 0) is 54.5 Å². The molecule has 208 valence electrons. The minimum absolute atomic E-state index is 0.292. The van der Waals surface area contributed by atoms with Gasteiger partial charge in [-0.3, -0.25) is 14.4 Å². The van der Waals surface area contributed by atoms with Gasteiger partial charge in [-0.1, -0.05) is 78.3 Å². The Labute approximate surface area is 248 Å². The number of ether oxygens (including phenoxy) is 1. The number of fused-ring (bicyclic) bond motifs is 6. The molecule has 0 radical (unpaired) electrons. The van der Waals surface area contributed by atoms with Crippen LogP contribution in [0.5, 0.6) is 5.75 Å². The quantitative estimate of drug-likeness (QED) is 0.272. The lowest BCUT2D eigenvalue weighted by atomic mass is 9.64. The first-order chi connectivity index (χ1) is 20.4. The third-order valence-electron chi connectivity index (χ3n) is 8.93. The summed E-state index contributed by atoms with van der Waals surface area (Å²) in [4.78, 5) is 46.2. The van der Waals surface area contributed by atoms with Gasteiger partial charge in [-0.2, -0.15) is 0 Å². The molecule has 0 saturated carbocycles. The molecule has 3 aliphatic heterocycles. The van der Waals surface area contributed by atoms with Gasteiger partial charge in [0, 0.05) is 28.1 Å². The smallest absolute Gasteiger partial charge is 0.238 e. The van der Waals surface area contributed by atoms with Crippen LogP contribution in [-0.4, -0.2) is 36.7 Å². The van der Waals surface area contributed by atoms with Crippen molar-refractivity contribution in [3.05, 3.63) is 130 Å². The molecule has 0 unspecified atom stereocenters. The zero-order chi connectivity index (χ0) is 29.2. The van der Waals surface area contributed by atoms with Gasteiger partial charge < -0.3 is 15.0 Å². The zero-order valence-electron chi connectivity index (χ0n) is 23.0. The Balaban J connectivity index is 1.56. The predicted octanol–water partition coefficient (Wildman–Crippen LogP) is 6.59. The van der Waals surface area contributed by atoms with Crippen LogP contribution in [0.4, 0.5) is 11.4 Å². The topological polar surface area (TPSA) is 75.7 Å². The lowest BCUT2D eigenvalue weighted by Gasteiger charge is -2.39. The van der Waals surface area contributed by atoms with E-state index < -0.39 is 23.4 Å². The minimum Gasteiger partial charge on any atom is -0.497 e. The van der Waals surface area contributed by atoms with Crippen LogP contribution < -0.4 is 15.0 Å². The molecule has 7 heteroatoms. The SMILES string of the molecule is COc1cccc(C(=O)[C@@H]2[C@H](C(=O)c3ccccc3Cl)N3c4ccccc4C(C)=C[C@@H]3[C@]23C(=O)Nc2ccccc23)c1. The molecular formula is C35H27ClN2O4. The van der Waals surface area contributed by atoms with Crippen molar-refractivity contribution in [3.8, 4) is 5.75 Å². The summed E-state index contributed by atoms with van der Waals surface area (Å²) in [6, 6.07) is 27.4. The van der Waals surface area contributed by atoms with Gasteiger partial charge in [0.05, 0.1) is 24.1 Å². The third-order valence-corrected chi connectivity index (χ3v) is 9.26. The lowest BCUT2D eigenvalue weighted by Crippen LogP contribution is -2.51. The van der Waals surface area contributed by atoms with E-state index in [4.69, 9.17) is 16.3 Å². The van der Waals surface area contributed by atoms with Crippen molar-refractivity contribution in [3.63, 3.8) is 0 Å². The number of amides is 1. The Bertz CT molecular complexity index is 1830. The minimum atomic E-state index is -1.40. The number of rotatable bonds is 5. The van der Waals surface area contributed by atoms with Crippen LogP contribution in [-0.2, 0) is 10.2 Å². The zero-order valence-corrected chi connectivity index (χ0v) is 23.8. The number of nitrogens with zero attached hydrogens (tertiary/aromatic N) is 1. The molecule has 3 aliphatic rings. The van der Waals surface area contributed by atoms with E-state index >= 15 is 0 Å². The van der Waals surface area contributed by atoms with E-state index in [0.29, 0.717) is 33.1 Å². The largest absolute Gasteiger partial charge is 0.497 e. The van der Waals surface area contributed by atoms with Crippen LogP contribution in [0, 0.1) is 5.92 Å². The maximum atomic E-state index is 14.9. The van der Waals surface area contributed by atoms with E-state index in [0.717, 1.165) is 16.8 Å². The number of hydrogen-bond acceptors (Lipinski definition) is 5. The van der Waals surface area contributed by atoms with Crippen LogP contribution in [0.15, 0.2) is 103 Å². The molecule has 4 aromatic carbocycles. The van der Waals surface area contributed by atoms with Crippen molar-refractivity contribution in [2.24, 2.45) is 5.92 Å². The number of benzene rings is 4. The van der Waals surface area contributed by atoms with Crippen molar-refractivity contribution in [1.29, 1.82) is 0 Å². The summed E-state index contributed by atoms with van der Waals surface area (Å²) in [5.74, 6) is -1.51. The maximum Gasteiger partial charge on any atom is 0.238 e. The number of halogens is 1. The van der Waals surface area contributed by atoms with Gasteiger partial charge in [-0.15, -0.1) is 0 Å². The summed E-state index contributed by atoms with van der Waals surface area (Å²) >= 11 is 6.61. The highest BCUT2D eigenvalue weighted by atomic mass is 35.5. The van der Waals surface area contributed by atoms with Gasteiger partial charge in [0.2, 0.25) is 5.91 Å². The molecule has 7 rings (SSSR count). The number of allylic oxidation sites excluding steroid dienone is 1. The third kappa shape index (κ3) is 3.55. The van der Waals surface area contributed by atoms with Gasteiger partial charge in [0.1, 0.15) is 17.2 Å². The highest BCUT2D eigenvalue weighted by Gasteiger charge is 2.70.